The second-order valence-electron chi connectivity index (χ2n) is 7.39. The zero-order chi connectivity index (χ0) is 19.8. The molecule has 0 amide bonds. The number of aryl methyl sites for hydroxylation is 2. The smallest absolute Gasteiger partial charge is 0.138 e. The number of para-hydroxylation sites is 1. The molecular formula is C24H22N4S. The molecule has 4 nitrogen and oxygen atoms in total. The van der Waals surface area contributed by atoms with E-state index in [4.69, 9.17) is 0 Å². The molecule has 0 spiro atoms. The molecule has 0 aliphatic carbocycles. The normalized spacial score (nSPS) is 11.4. The van der Waals surface area contributed by atoms with E-state index in [1.54, 1.807) is 17.7 Å². The number of hydrogen-bond donors (Lipinski definition) is 2. The summed E-state index contributed by atoms with van der Waals surface area (Å²) in [6.45, 7) is 5.12. The Labute approximate surface area is 173 Å². The molecule has 3 heterocycles. The molecule has 5 heteroatoms. The summed E-state index contributed by atoms with van der Waals surface area (Å²) in [5.41, 5.74) is 7.52. The third kappa shape index (κ3) is 3.28. The van der Waals surface area contributed by atoms with Crippen LogP contribution in [0.15, 0.2) is 60.4 Å². The summed E-state index contributed by atoms with van der Waals surface area (Å²) >= 11 is 1.67. The molecule has 0 bridgehead atoms. The maximum atomic E-state index is 4.56. The molecule has 144 valence electrons. The number of rotatable bonds is 5. The Morgan fingerprint density at radius 1 is 1.03 bits per heavy atom. The van der Waals surface area contributed by atoms with Gasteiger partial charge in [0, 0.05) is 34.6 Å². The number of benzene rings is 2. The van der Waals surface area contributed by atoms with Crippen LogP contribution in [0.1, 0.15) is 16.7 Å². The van der Waals surface area contributed by atoms with Crippen LogP contribution in [0.3, 0.4) is 0 Å². The molecule has 2 N–H and O–H groups in total. The van der Waals surface area contributed by atoms with Crippen LogP contribution in [0.4, 0.5) is 5.82 Å². The van der Waals surface area contributed by atoms with Crippen molar-refractivity contribution in [3.8, 4) is 11.1 Å². The molecule has 0 radical (unpaired) electrons. The number of anilines is 1. The Hall–Kier alpha value is -3.18. The number of aromatic nitrogens is 3. The summed E-state index contributed by atoms with van der Waals surface area (Å²) in [6, 6.07) is 15.0. The largest absolute Gasteiger partial charge is 0.369 e. The molecule has 0 saturated carbocycles. The van der Waals surface area contributed by atoms with Gasteiger partial charge in [0.15, 0.2) is 0 Å². The van der Waals surface area contributed by atoms with Crippen molar-refractivity contribution >= 4 is 38.3 Å². The lowest BCUT2D eigenvalue weighted by molar-refractivity contribution is 1.01. The minimum Gasteiger partial charge on any atom is -0.369 e. The fourth-order valence-electron chi connectivity index (χ4n) is 3.78. The molecule has 3 aromatic heterocycles. The fourth-order valence-corrected chi connectivity index (χ4v) is 4.70. The highest BCUT2D eigenvalue weighted by molar-refractivity contribution is 7.17. The second kappa shape index (κ2) is 7.33. The number of aromatic amines is 1. The van der Waals surface area contributed by atoms with Gasteiger partial charge in [-0.05, 0) is 48.6 Å². The summed E-state index contributed by atoms with van der Waals surface area (Å²) in [7, 11) is 0. The molecule has 5 aromatic rings. The second-order valence-corrected chi connectivity index (χ2v) is 8.25. The van der Waals surface area contributed by atoms with Crippen LogP contribution in [0.25, 0.3) is 32.2 Å². The predicted molar refractivity (Wildman–Crippen MR) is 123 cm³/mol. The summed E-state index contributed by atoms with van der Waals surface area (Å²) in [4.78, 5) is 13.4. The van der Waals surface area contributed by atoms with Crippen LogP contribution in [-0.2, 0) is 6.42 Å². The molecule has 0 unspecified atom stereocenters. The van der Waals surface area contributed by atoms with Crippen molar-refractivity contribution < 1.29 is 0 Å². The van der Waals surface area contributed by atoms with Gasteiger partial charge in [-0.2, -0.15) is 0 Å². The van der Waals surface area contributed by atoms with Crippen LogP contribution >= 0.6 is 11.3 Å². The first kappa shape index (κ1) is 17.9. The predicted octanol–water partition coefficient (Wildman–Crippen LogP) is 6.11. The Morgan fingerprint density at radius 2 is 1.93 bits per heavy atom. The topological polar surface area (TPSA) is 53.6 Å². The Bertz CT molecular complexity index is 1320. The van der Waals surface area contributed by atoms with Crippen LogP contribution in [0.2, 0.25) is 0 Å². The van der Waals surface area contributed by atoms with Crippen molar-refractivity contribution in [2.45, 2.75) is 20.3 Å². The monoisotopic (exact) mass is 398 g/mol. The molecule has 0 saturated heterocycles. The van der Waals surface area contributed by atoms with E-state index >= 15 is 0 Å². The summed E-state index contributed by atoms with van der Waals surface area (Å²) in [5, 5.41) is 8.14. The number of fused-ring (bicyclic) bond motifs is 2. The van der Waals surface area contributed by atoms with Crippen LogP contribution in [0, 0.1) is 13.8 Å². The molecule has 0 fully saturated rings. The van der Waals surface area contributed by atoms with Gasteiger partial charge in [0.1, 0.15) is 17.0 Å². The van der Waals surface area contributed by atoms with Gasteiger partial charge in [-0.15, -0.1) is 11.3 Å². The molecule has 5 rings (SSSR count). The van der Waals surface area contributed by atoms with Gasteiger partial charge in [-0.3, -0.25) is 0 Å². The van der Waals surface area contributed by atoms with Crippen molar-refractivity contribution in [1.29, 1.82) is 0 Å². The SMILES string of the molecule is Cc1ccc(-c2csc3ncnc(NCCc4c[nH]c5ccccc45)c23)cc1C. The lowest BCUT2D eigenvalue weighted by Gasteiger charge is -2.09. The lowest BCUT2D eigenvalue weighted by Crippen LogP contribution is -2.06. The fraction of sp³-hybridized carbons (Fsp3) is 0.167. The van der Waals surface area contributed by atoms with Gasteiger partial charge >= 0.3 is 0 Å². The third-order valence-corrected chi connectivity index (χ3v) is 6.44. The molecular weight excluding hydrogens is 376 g/mol. The number of nitrogens with zero attached hydrogens (tertiary/aromatic N) is 2. The van der Waals surface area contributed by atoms with E-state index in [-0.39, 0.29) is 0 Å². The third-order valence-electron chi connectivity index (χ3n) is 5.55. The van der Waals surface area contributed by atoms with Crippen LogP contribution < -0.4 is 5.32 Å². The molecule has 0 aliphatic rings. The average Bonchev–Trinajstić information content (AvgIpc) is 3.35. The molecule has 29 heavy (non-hydrogen) atoms. The van der Waals surface area contributed by atoms with Crippen molar-refractivity contribution in [2.75, 3.05) is 11.9 Å². The summed E-state index contributed by atoms with van der Waals surface area (Å²) < 4.78 is 0. The Balaban J connectivity index is 1.44. The number of H-pyrrole nitrogens is 1. The maximum absolute atomic E-state index is 4.56. The van der Waals surface area contributed by atoms with Gasteiger partial charge in [0.25, 0.3) is 0 Å². The zero-order valence-electron chi connectivity index (χ0n) is 16.5. The van der Waals surface area contributed by atoms with Gasteiger partial charge in [-0.25, -0.2) is 9.97 Å². The van der Waals surface area contributed by atoms with E-state index in [9.17, 15) is 0 Å². The number of hydrogen-bond acceptors (Lipinski definition) is 4. The van der Waals surface area contributed by atoms with Crippen LogP contribution in [0.5, 0.6) is 0 Å². The lowest BCUT2D eigenvalue weighted by atomic mass is 10.0. The van der Waals surface area contributed by atoms with Crippen molar-refractivity contribution in [3.05, 3.63) is 77.1 Å². The number of nitrogens with one attached hydrogen (secondary N) is 2. The first-order chi connectivity index (χ1) is 14.2. The van der Waals surface area contributed by atoms with E-state index < -0.39 is 0 Å². The van der Waals surface area contributed by atoms with E-state index in [0.29, 0.717) is 0 Å². The highest BCUT2D eigenvalue weighted by Gasteiger charge is 2.13. The van der Waals surface area contributed by atoms with Crippen molar-refractivity contribution in [3.63, 3.8) is 0 Å². The quantitative estimate of drug-likeness (QED) is 0.375. The zero-order valence-corrected chi connectivity index (χ0v) is 17.3. The van der Waals surface area contributed by atoms with E-state index in [2.05, 4.69) is 88.2 Å². The molecule has 0 atom stereocenters. The molecule has 0 aliphatic heterocycles. The van der Waals surface area contributed by atoms with Gasteiger partial charge in [0.05, 0.1) is 5.39 Å². The first-order valence-electron chi connectivity index (χ1n) is 9.79. The maximum Gasteiger partial charge on any atom is 0.138 e. The minimum absolute atomic E-state index is 0.816. The average molecular weight is 399 g/mol. The Kier molecular flexibility index (Phi) is 4.52. The highest BCUT2D eigenvalue weighted by Crippen LogP contribution is 2.37. The van der Waals surface area contributed by atoms with Gasteiger partial charge in [0.2, 0.25) is 0 Å². The van der Waals surface area contributed by atoms with Crippen molar-refractivity contribution in [2.24, 2.45) is 0 Å². The van der Waals surface area contributed by atoms with Crippen molar-refractivity contribution in [1.82, 2.24) is 15.0 Å². The summed E-state index contributed by atoms with van der Waals surface area (Å²) in [6.07, 6.45) is 4.68. The first-order valence-corrected chi connectivity index (χ1v) is 10.7. The van der Waals surface area contributed by atoms with E-state index in [1.165, 1.54) is 38.7 Å². The Morgan fingerprint density at radius 3 is 2.83 bits per heavy atom. The standard InChI is InChI=1S/C24H22N4S/c1-15-7-8-17(11-16(15)2)20-13-29-24-22(20)23(27-14-28-24)25-10-9-18-12-26-21-6-4-3-5-19(18)21/h3-8,11-14,26H,9-10H2,1-2H3,(H,25,27,28). The van der Waals surface area contributed by atoms with Gasteiger partial charge in [-0.1, -0.05) is 36.4 Å². The highest BCUT2D eigenvalue weighted by atomic mass is 32.1. The van der Waals surface area contributed by atoms with Gasteiger partial charge < -0.3 is 10.3 Å². The molecule has 2 aromatic carbocycles. The number of thiophene rings is 1. The van der Waals surface area contributed by atoms with E-state index in [1.807, 2.05) is 0 Å². The minimum atomic E-state index is 0.816. The van der Waals surface area contributed by atoms with Crippen LogP contribution in [-0.4, -0.2) is 21.5 Å². The summed E-state index contributed by atoms with van der Waals surface area (Å²) in [5.74, 6) is 0.907. The van der Waals surface area contributed by atoms with E-state index in [0.717, 1.165) is 29.0 Å².